The first kappa shape index (κ1) is 30.9. The highest BCUT2D eigenvalue weighted by Crippen LogP contribution is 2.30. The highest BCUT2D eigenvalue weighted by atomic mass is 19.1. The van der Waals surface area contributed by atoms with Crippen molar-refractivity contribution in [3.63, 3.8) is 0 Å². The highest BCUT2D eigenvalue weighted by Gasteiger charge is 2.22. The molecule has 0 spiro atoms. The molecule has 0 fully saturated rings. The fourth-order valence-corrected chi connectivity index (χ4v) is 4.41. The molecule has 3 heterocycles. The van der Waals surface area contributed by atoms with Gasteiger partial charge in [0.05, 0.1) is 11.2 Å². The van der Waals surface area contributed by atoms with E-state index in [4.69, 9.17) is 9.47 Å². The van der Waals surface area contributed by atoms with Crippen molar-refractivity contribution >= 4 is 28.9 Å². The van der Waals surface area contributed by atoms with Crippen molar-refractivity contribution in [1.82, 2.24) is 19.5 Å². The van der Waals surface area contributed by atoms with Crippen molar-refractivity contribution in [2.45, 2.75) is 46.6 Å². The first-order chi connectivity index (χ1) is 21.3. The number of anilines is 1. The van der Waals surface area contributed by atoms with Crippen molar-refractivity contribution in [2.75, 3.05) is 5.32 Å². The minimum atomic E-state index is -0.886. The van der Waals surface area contributed by atoms with Gasteiger partial charge >= 0.3 is 6.09 Å². The Hall–Kier alpha value is -5.52. The number of pyridine rings is 2. The number of aryl methyl sites for hydroxylation is 2. The number of benzene rings is 2. The predicted molar refractivity (Wildman–Crippen MR) is 163 cm³/mol. The van der Waals surface area contributed by atoms with Gasteiger partial charge in [-0.3, -0.25) is 19.9 Å². The third-order valence-corrected chi connectivity index (χ3v) is 6.66. The molecule has 1 amide bonds. The number of rotatable bonds is 7. The van der Waals surface area contributed by atoms with E-state index in [1.807, 2.05) is 19.9 Å². The van der Waals surface area contributed by atoms with Crippen LogP contribution in [0.1, 0.15) is 48.0 Å². The number of aromatic nitrogens is 4. The lowest BCUT2D eigenvalue weighted by Gasteiger charge is -2.20. The highest BCUT2D eigenvalue weighted by molar-refractivity contribution is 5.97. The maximum Gasteiger partial charge on any atom is 0.414 e. The Kier molecular flexibility index (Phi) is 8.40. The van der Waals surface area contributed by atoms with Crippen LogP contribution in [0.5, 0.6) is 11.5 Å². The minimum absolute atomic E-state index is 0.0865. The van der Waals surface area contributed by atoms with Crippen molar-refractivity contribution < 1.29 is 27.8 Å². The van der Waals surface area contributed by atoms with Crippen LogP contribution in [0.15, 0.2) is 71.8 Å². The van der Waals surface area contributed by atoms with E-state index in [0.29, 0.717) is 16.8 Å². The van der Waals surface area contributed by atoms with Gasteiger partial charge in [0, 0.05) is 30.6 Å². The maximum atomic E-state index is 15.2. The minimum Gasteiger partial charge on any atom is -0.452 e. The van der Waals surface area contributed by atoms with Crippen molar-refractivity contribution in [2.24, 2.45) is 0 Å². The molecule has 12 heteroatoms. The number of nitrogens with one attached hydrogen (secondary N) is 1. The van der Waals surface area contributed by atoms with E-state index in [-0.39, 0.29) is 34.9 Å². The number of halogens is 2. The lowest BCUT2D eigenvalue weighted by atomic mass is 10.0. The zero-order valence-corrected chi connectivity index (χ0v) is 25.1. The molecular weight excluding hydrogens is 584 g/mol. The third kappa shape index (κ3) is 7.01. The van der Waals surface area contributed by atoms with Gasteiger partial charge in [-0.1, -0.05) is 6.07 Å². The maximum absolute atomic E-state index is 15.2. The fourth-order valence-electron chi connectivity index (χ4n) is 4.41. The van der Waals surface area contributed by atoms with Crippen molar-refractivity contribution in [3.8, 4) is 17.2 Å². The summed E-state index contributed by atoms with van der Waals surface area (Å²) >= 11 is 0. The quantitative estimate of drug-likeness (QED) is 0.203. The number of ketones is 1. The summed E-state index contributed by atoms with van der Waals surface area (Å²) in [4.78, 5) is 52.2. The van der Waals surface area contributed by atoms with Crippen LogP contribution < -0.4 is 15.6 Å². The van der Waals surface area contributed by atoms with E-state index in [0.717, 1.165) is 40.2 Å². The first-order valence-corrected chi connectivity index (χ1v) is 13.9. The number of carbonyl (C=O) groups is 2. The molecule has 45 heavy (non-hydrogen) atoms. The van der Waals surface area contributed by atoms with Gasteiger partial charge in [0.1, 0.15) is 22.5 Å². The van der Waals surface area contributed by atoms with Gasteiger partial charge in [0.25, 0.3) is 5.56 Å². The molecule has 5 rings (SSSR count). The summed E-state index contributed by atoms with van der Waals surface area (Å²) in [6.07, 6.45) is 1.34. The lowest BCUT2D eigenvalue weighted by Crippen LogP contribution is -2.33. The summed E-state index contributed by atoms with van der Waals surface area (Å²) in [6, 6.07) is 12.3. The Morgan fingerprint density at radius 2 is 1.69 bits per heavy atom. The van der Waals surface area contributed by atoms with Gasteiger partial charge in [0.2, 0.25) is 5.95 Å². The van der Waals surface area contributed by atoms with Gasteiger partial charge in [0.15, 0.2) is 23.1 Å². The standard InChI is InChI=1S/C33H29F2N5O5/c1-18-14-25-29(38-19(18)2)28(12-13-36-25)44-27-11-6-20(15-24(27)35)16-26(41)23-17-37-31(39-32(43)45-33(3,4)5)40(30(23)42)22-9-7-21(34)8-10-22/h6-15,17H,16H2,1-5H3,(H,37,39,43). The van der Waals surface area contributed by atoms with E-state index in [1.54, 1.807) is 33.0 Å². The zero-order chi connectivity index (χ0) is 32.5. The van der Waals surface area contributed by atoms with Gasteiger partial charge in [-0.2, -0.15) is 0 Å². The van der Waals surface area contributed by atoms with E-state index >= 15 is 4.39 Å². The second-order valence-corrected chi connectivity index (χ2v) is 11.3. The summed E-state index contributed by atoms with van der Waals surface area (Å²) in [5.74, 6) is -1.95. The molecule has 230 valence electrons. The van der Waals surface area contributed by atoms with Crippen LogP contribution in [0.3, 0.4) is 0 Å². The Balaban J connectivity index is 1.41. The van der Waals surface area contributed by atoms with Gasteiger partial charge in [-0.15, -0.1) is 0 Å². The normalized spacial score (nSPS) is 11.4. The molecule has 0 aliphatic carbocycles. The molecule has 0 atom stereocenters. The Morgan fingerprint density at radius 3 is 2.38 bits per heavy atom. The lowest BCUT2D eigenvalue weighted by molar-refractivity contribution is 0.0634. The summed E-state index contributed by atoms with van der Waals surface area (Å²) < 4.78 is 40.9. The molecule has 0 unspecified atom stereocenters. The number of amides is 1. The molecule has 0 bridgehead atoms. The SMILES string of the molecule is Cc1cc2nccc(Oc3ccc(CC(=O)c4cnc(NC(=O)OC(C)(C)C)n(-c5ccc(F)cc5)c4=O)cc3F)c2nc1C. The van der Waals surface area contributed by atoms with E-state index in [9.17, 15) is 18.8 Å². The predicted octanol–water partition coefficient (Wildman–Crippen LogP) is 6.64. The van der Waals surface area contributed by atoms with Crippen molar-refractivity contribution in [1.29, 1.82) is 0 Å². The van der Waals surface area contributed by atoms with Gasteiger partial charge < -0.3 is 9.47 Å². The molecule has 3 aromatic heterocycles. The molecule has 0 radical (unpaired) electrons. The largest absolute Gasteiger partial charge is 0.452 e. The number of Topliss-reactive ketones (excluding diaryl/α,β-unsaturated/α-hetero) is 1. The van der Waals surface area contributed by atoms with Crippen LogP contribution >= 0.6 is 0 Å². The summed E-state index contributed by atoms with van der Waals surface area (Å²) in [5.41, 5.74) is 1.27. The van der Waals surface area contributed by atoms with E-state index in [2.05, 4.69) is 20.3 Å². The second kappa shape index (κ2) is 12.2. The van der Waals surface area contributed by atoms with Gasteiger partial charge in [-0.05, 0) is 88.2 Å². The van der Waals surface area contributed by atoms with E-state index < -0.39 is 34.7 Å². The number of hydrogen-bond donors (Lipinski definition) is 1. The second-order valence-electron chi connectivity index (χ2n) is 11.3. The van der Waals surface area contributed by atoms with Crippen LogP contribution in [0, 0.1) is 25.5 Å². The molecule has 0 saturated heterocycles. The van der Waals surface area contributed by atoms with Crippen LogP contribution in [0.4, 0.5) is 19.5 Å². The number of ether oxygens (including phenoxy) is 2. The summed E-state index contributed by atoms with van der Waals surface area (Å²) in [7, 11) is 0. The van der Waals surface area contributed by atoms with Crippen LogP contribution in [-0.2, 0) is 11.2 Å². The zero-order valence-electron chi connectivity index (χ0n) is 25.1. The molecule has 5 aromatic rings. The Bertz CT molecular complexity index is 2000. The topological polar surface area (TPSA) is 125 Å². The molecule has 0 aliphatic rings. The molecule has 2 aromatic carbocycles. The fraction of sp³-hybridized carbons (Fsp3) is 0.212. The molecule has 10 nitrogen and oxygen atoms in total. The molecule has 1 N–H and O–H groups in total. The third-order valence-electron chi connectivity index (χ3n) is 6.66. The van der Waals surface area contributed by atoms with Gasteiger partial charge in [-0.25, -0.2) is 28.1 Å². The smallest absolute Gasteiger partial charge is 0.414 e. The molecule has 0 saturated carbocycles. The average Bonchev–Trinajstić information content (AvgIpc) is 2.95. The Morgan fingerprint density at radius 1 is 0.956 bits per heavy atom. The van der Waals surface area contributed by atoms with E-state index in [1.165, 1.54) is 24.3 Å². The number of hydrogen-bond acceptors (Lipinski definition) is 8. The van der Waals surface area contributed by atoms with Crippen LogP contribution in [0.2, 0.25) is 0 Å². The summed E-state index contributed by atoms with van der Waals surface area (Å²) in [6.45, 7) is 8.76. The van der Waals surface area contributed by atoms with Crippen LogP contribution in [-0.4, -0.2) is 37.0 Å². The summed E-state index contributed by atoms with van der Waals surface area (Å²) in [5, 5.41) is 2.40. The first-order valence-electron chi connectivity index (χ1n) is 13.9. The monoisotopic (exact) mass is 613 g/mol. The van der Waals surface area contributed by atoms with Crippen molar-refractivity contribution in [3.05, 3.63) is 111 Å². The number of nitrogens with zero attached hydrogens (tertiary/aromatic N) is 4. The van der Waals surface area contributed by atoms with Crippen LogP contribution in [0.25, 0.3) is 16.7 Å². The molecule has 0 aliphatic heterocycles. The number of fused-ring (bicyclic) bond motifs is 1. The molecular formula is C33H29F2N5O5. The number of carbonyl (C=O) groups excluding carboxylic acids is 2. The average molecular weight is 614 g/mol. The Labute approximate surface area is 256 Å².